The number of carboxylic acids is 1. The zero-order chi connectivity index (χ0) is 11.8. The van der Waals surface area contributed by atoms with Crippen molar-refractivity contribution in [1.29, 1.82) is 5.26 Å². The number of aromatic carboxylic acids is 1. The van der Waals surface area contributed by atoms with Crippen molar-refractivity contribution in [2.24, 2.45) is 0 Å². The highest BCUT2D eigenvalue weighted by Gasteiger charge is 2.06. The molecule has 0 saturated carbocycles. The molecule has 5 heteroatoms. The summed E-state index contributed by atoms with van der Waals surface area (Å²) < 4.78 is 4.72. The van der Waals surface area contributed by atoms with E-state index in [0.717, 1.165) is 0 Å². The first-order valence-corrected chi connectivity index (χ1v) is 3.98. The first-order valence-electron chi connectivity index (χ1n) is 3.98. The minimum Gasteiger partial charge on any atom is -0.504 e. The topological polar surface area (TPSA) is 90.5 Å². The summed E-state index contributed by atoms with van der Waals surface area (Å²) in [7, 11) is 1.36. The van der Waals surface area contributed by atoms with Crippen molar-refractivity contribution in [3.05, 3.63) is 23.8 Å². The Hall–Kier alpha value is -2.22. The number of rotatable bonds is 2. The summed E-state index contributed by atoms with van der Waals surface area (Å²) >= 11 is 0. The molecule has 5 nitrogen and oxygen atoms in total. The third kappa shape index (κ3) is 4.00. The van der Waals surface area contributed by atoms with E-state index in [1.54, 1.807) is 6.07 Å². The number of nitrogens with zero attached hydrogens (tertiary/aromatic N) is 1. The van der Waals surface area contributed by atoms with E-state index >= 15 is 0 Å². The number of hydrogen-bond acceptors (Lipinski definition) is 4. The number of aromatic hydroxyl groups is 1. The van der Waals surface area contributed by atoms with Crippen molar-refractivity contribution in [3.8, 4) is 17.6 Å². The van der Waals surface area contributed by atoms with Crippen LogP contribution in [0.2, 0.25) is 0 Å². The molecule has 1 rings (SSSR count). The second-order valence-corrected chi connectivity index (χ2v) is 2.42. The average molecular weight is 209 g/mol. The van der Waals surface area contributed by atoms with E-state index < -0.39 is 5.97 Å². The number of methoxy groups -OCH3 is 1. The maximum Gasteiger partial charge on any atom is 0.335 e. The molecular weight excluding hydrogens is 198 g/mol. The van der Waals surface area contributed by atoms with Gasteiger partial charge in [0.25, 0.3) is 0 Å². The van der Waals surface area contributed by atoms with Gasteiger partial charge in [0.05, 0.1) is 18.7 Å². The third-order valence-corrected chi connectivity index (χ3v) is 1.43. The predicted molar refractivity (Wildman–Crippen MR) is 52.9 cm³/mol. The molecule has 0 radical (unpaired) electrons. The van der Waals surface area contributed by atoms with Crippen LogP contribution in [0.1, 0.15) is 17.3 Å². The Morgan fingerprint density at radius 1 is 1.53 bits per heavy atom. The van der Waals surface area contributed by atoms with Gasteiger partial charge in [-0.05, 0) is 18.2 Å². The molecule has 1 aromatic carbocycles. The van der Waals surface area contributed by atoms with E-state index in [-0.39, 0.29) is 17.1 Å². The number of ether oxygens (including phenoxy) is 1. The van der Waals surface area contributed by atoms with Crippen LogP contribution in [0.4, 0.5) is 0 Å². The van der Waals surface area contributed by atoms with Crippen LogP contribution >= 0.6 is 0 Å². The van der Waals surface area contributed by atoms with E-state index in [1.165, 1.54) is 32.2 Å². The maximum absolute atomic E-state index is 10.4. The summed E-state index contributed by atoms with van der Waals surface area (Å²) in [5, 5.41) is 25.0. The summed E-state index contributed by atoms with van der Waals surface area (Å²) in [5.41, 5.74) is 0.0876. The zero-order valence-electron chi connectivity index (χ0n) is 8.39. The van der Waals surface area contributed by atoms with Gasteiger partial charge in [-0.1, -0.05) is 0 Å². The van der Waals surface area contributed by atoms with Gasteiger partial charge in [-0.25, -0.2) is 4.79 Å². The van der Waals surface area contributed by atoms with Gasteiger partial charge in [0, 0.05) is 6.92 Å². The zero-order valence-corrected chi connectivity index (χ0v) is 8.39. The van der Waals surface area contributed by atoms with Crippen LogP contribution in [-0.4, -0.2) is 23.3 Å². The van der Waals surface area contributed by atoms with Crippen LogP contribution in [0, 0.1) is 11.3 Å². The lowest BCUT2D eigenvalue weighted by Gasteiger charge is -2.02. The van der Waals surface area contributed by atoms with Gasteiger partial charge in [0.1, 0.15) is 0 Å². The lowest BCUT2D eigenvalue weighted by atomic mass is 10.2. The Balaban J connectivity index is 0.000000583. The van der Waals surface area contributed by atoms with Crippen molar-refractivity contribution in [2.75, 3.05) is 7.11 Å². The predicted octanol–water partition coefficient (Wildman–Crippen LogP) is 1.63. The summed E-state index contributed by atoms with van der Waals surface area (Å²) in [6, 6.07) is 5.60. The second kappa shape index (κ2) is 6.27. The number of carboxylic acid groups (broad SMARTS) is 1. The molecule has 1 aromatic rings. The Kier molecular flexibility index (Phi) is 5.34. The molecule has 80 valence electrons. The molecule has 0 aliphatic rings. The molecule has 0 amide bonds. The molecular formula is C10H11NO4. The molecule has 0 heterocycles. The van der Waals surface area contributed by atoms with Gasteiger partial charge in [-0.3, -0.25) is 0 Å². The van der Waals surface area contributed by atoms with E-state index in [4.69, 9.17) is 20.2 Å². The fourth-order valence-electron chi connectivity index (χ4n) is 0.811. The Morgan fingerprint density at radius 2 is 2.07 bits per heavy atom. The standard InChI is InChI=1S/C8H8O4.C2H3N/c1-12-7-4-5(8(10)11)2-3-6(7)9;1-2-3/h2-4,9H,1H3,(H,10,11);1H3. The number of phenolic OH excluding ortho intramolecular Hbond substituents is 1. The van der Waals surface area contributed by atoms with Gasteiger partial charge in [0.2, 0.25) is 0 Å². The van der Waals surface area contributed by atoms with Crippen molar-refractivity contribution in [2.45, 2.75) is 6.92 Å². The normalized spacial score (nSPS) is 8.07. The fraction of sp³-hybridized carbons (Fsp3) is 0.200. The molecule has 2 N–H and O–H groups in total. The molecule has 0 spiro atoms. The van der Waals surface area contributed by atoms with Crippen molar-refractivity contribution >= 4 is 5.97 Å². The summed E-state index contributed by atoms with van der Waals surface area (Å²) in [6.45, 7) is 1.43. The summed E-state index contributed by atoms with van der Waals surface area (Å²) in [5.74, 6) is -0.953. The monoisotopic (exact) mass is 209 g/mol. The molecule has 0 atom stereocenters. The molecule has 0 bridgehead atoms. The first kappa shape index (κ1) is 12.8. The molecule has 0 fully saturated rings. The van der Waals surface area contributed by atoms with E-state index in [9.17, 15) is 4.79 Å². The van der Waals surface area contributed by atoms with Crippen LogP contribution in [0.25, 0.3) is 0 Å². The highest BCUT2D eigenvalue weighted by Crippen LogP contribution is 2.25. The fourth-order valence-corrected chi connectivity index (χ4v) is 0.811. The van der Waals surface area contributed by atoms with Crippen LogP contribution in [-0.2, 0) is 0 Å². The minimum absolute atomic E-state index is 0.0671. The molecule has 15 heavy (non-hydrogen) atoms. The molecule has 0 aromatic heterocycles. The van der Waals surface area contributed by atoms with Crippen molar-refractivity contribution in [1.82, 2.24) is 0 Å². The average Bonchev–Trinajstić information content (AvgIpc) is 2.19. The Labute approximate surface area is 87.2 Å². The number of phenols is 1. The smallest absolute Gasteiger partial charge is 0.335 e. The van der Waals surface area contributed by atoms with Crippen LogP contribution in [0.15, 0.2) is 18.2 Å². The maximum atomic E-state index is 10.4. The second-order valence-electron chi connectivity index (χ2n) is 2.42. The molecule has 0 aliphatic heterocycles. The number of benzene rings is 1. The van der Waals surface area contributed by atoms with Crippen molar-refractivity contribution < 1.29 is 19.7 Å². The largest absolute Gasteiger partial charge is 0.504 e. The van der Waals surface area contributed by atoms with Gasteiger partial charge >= 0.3 is 5.97 Å². The SMILES string of the molecule is CC#N.COc1cc(C(=O)O)ccc1O. The molecule has 0 saturated heterocycles. The lowest BCUT2D eigenvalue weighted by Crippen LogP contribution is -1.96. The Morgan fingerprint density at radius 3 is 2.47 bits per heavy atom. The first-order chi connectivity index (χ1) is 7.06. The number of carbonyl (C=O) groups is 1. The Bertz CT molecular complexity index is 381. The molecule has 0 unspecified atom stereocenters. The number of nitriles is 1. The van der Waals surface area contributed by atoms with Gasteiger partial charge < -0.3 is 14.9 Å². The number of hydrogen-bond donors (Lipinski definition) is 2. The quantitative estimate of drug-likeness (QED) is 0.772. The third-order valence-electron chi connectivity index (χ3n) is 1.43. The van der Waals surface area contributed by atoms with Crippen LogP contribution < -0.4 is 4.74 Å². The van der Waals surface area contributed by atoms with E-state index in [2.05, 4.69) is 0 Å². The molecule has 0 aliphatic carbocycles. The summed E-state index contributed by atoms with van der Waals surface area (Å²) in [6.07, 6.45) is 0. The van der Waals surface area contributed by atoms with E-state index in [1.807, 2.05) is 0 Å². The van der Waals surface area contributed by atoms with Crippen molar-refractivity contribution in [3.63, 3.8) is 0 Å². The highest BCUT2D eigenvalue weighted by atomic mass is 16.5. The van der Waals surface area contributed by atoms with Gasteiger partial charge in [-0.2, -0.15) is 5.26 Å². The lowest BCUT2D eigenvalue weighted by molar-refractivity contribution is 0.0696. The minimum atomic E-state index is -1.05. The van der Waals surface area contributed by atoms with Gasteiger partial charge in [-0.15, -0.1) is 0 Å². The van der Waals surface area contributed by atoms with Crippen LogP contribution in [0.3, 0.4) is 0 Å². The highest BCUT2D eigenvalue weighted by molar-refractivity contribution is 5.88. The summed E-state index contributed by atoms with van der Waals surface area (Å²) in [4.78, 5) is 10.4. The van der Waals surface area contributed by atoms with Gasteiger partial charge in [0.15, 0.2) is 11.5 Å². The van der Waals surface area contributed by atoms with E-state index in [0.29, 0.717) is 0 Å². The van der Waals surface area contributed by atoms with Crippen LogP contribution in [0.5, 0.6) is 11.5 Å².